The van der Waals surface area contributed by atoms with Crippen LogP contribution in [0.25, 0.3) is 0 Å². The van der Waals surface area contributed by atoms with Gasteiger partial charge in [-0.1, -0.05) is 13.8 Å². The summed E-state index contributed by atoms with van der Waals surface area (Å²) >= 11 is 0. The smallest absolute Gasteiger partial charge is 0.475 e. The number of alkyl halides is 3. The van der Waals surface area contributed by atoms with Gasteiger partial charge >= 0.3 is 12.1 Å². The lowest BCUT2D eigenvalue weighted by molar-refractivity contribution is -0.192. The molecule has 1 aromatic carbocycles. The van der Waals surface area contributed by atoms with Crippen LogP contribution in [0.5, 0.6) is 0 Å². The van der Waals surface area contributed by atoms with Crippen LogP contribution in [0.2, 0.25) is 0 Å². The van der Waals surface area contributed by atoms with E-state index < -0.39 is 12.1 Å². The van der Waals surface area contributed by atoms with Crippen LogP contribution in [-0.2, 0) is 19.1 Å². The quantitative estimate of drug-likeness (QED) is 0.469. The zero-order chi connectivity index (χ0) is 26.6. The van der Waals surface area contributed by atoms with E-state index in [1.807, 2.05) is 13.8 Å². The van der Waals surface area contributed by atoms with Crippen LogP contribution < -0.4 is 10.6 Å². The molecule has 3 amide bonds. The van der Waals surface area contributed by atoms with Crippen LogP contribution in [0.15, 0.2) is 24.3 Å². The third-order valence-corrected chi connectivity index (χ3v) is 5.14. The normalized spacial score (nSPS) is 14.1. The van der Waals surface area contributed by atoms with E-state index >= 15 is 0 Å². The van der Waals surface area contributed by atoms with Gasteiger partial charge in [0.2, 0.25) is 11.8 Å². The summed E-state index contributed by atoms with van der Waals surface area (Å²) in [4.78, 5) is 47.3. The number of rotatable bonds is 8. The number of piperidine rings is 1. The molecule has 0 saturated carbocycles. The number of carboxylic acid groups (broad SMARTS) is 1. The van der Waals surface area contributed by atoms with Gasteiger partial charge in [0.15, 0.2) is 0 Å². The number of nitrogens with one attached hydrogen (secondary N) is 2. The van der Waals surface area contributed by atoms with Gasteiger partial charge in [0.05, 0.1) is 0 Å². The average molecular weight is 504 g/mol. The van der Waals surface area contributed by atoms with Crippen LogP contribution in [0.3, 0.4) is 0 Å². The zero-order valence-corrected chi connectivity index (χ0v) is 20.0. The molecular formula is C23H32F3N3O6. The number of anilines is 1. The van der Waals surface area contributed by atoms with Crippen molar-refractivity contribution in [3.8, 4) is 0 Å². The summed E-state index contributed by atoms with van der Waals surface area (Å²) in [6.45, 7) is 6.05. The summed E-state index contributed by atoms with van der Waals surface area (Å²) in [5.41, 5.74) is 1.27. The Kier molecular flexibility index (Phi) is 12.2. The number of benzene rings is 1. The van der Waals surface area contributed by atoms with E-state index in [1.54, 1.807) is 36.3 Å². The summed E-state index contributed by atoms with van der Waals surface area (Å²) in [6, 6.07) is 6.95. The van der Waals surface area contributed by atoms with Gasteiger partial charge in [0, 0.05) is 56.4 Å². The van der Waals surface area contributed by atoms with Crippen LogP contribution in [-0.4, -0.2) is 73.2 Å². The lowest BCUT2D eigenvalue weighted by Crippen LogP contribution is -2.43. The van der Waals surface area contributed by atoms with E-state index in [-0.39, 0.29) is 29.6 Å². The first-order valence-corrected chi connectivity index (χ1v) is 11.1. The molecule has 1 aliphatic heterocycles. The average Bonchev–Trinajstić information content (AvgIpc) is 2.81. The standard InChI is InChI=1S/C21H31N3O4.C2HF3O2/c1-15(2)19(25)23-18-7-5-17(6-8-18)21(27)24-12-9-16(10-13-24)20(26)22-11-4-14-28-3;3-2(4,5)1(6)7/h5-8,15-16H,4,9-14H2,1-3H3,(H,22,26)(H,23,25);(H,6,7). The highest BCUT2D eigenvalue weighted by atomic mass is 19.4. The Labute approximate surface area is 202 Å². The van der Waals surface area contributed by atoms with Crippen molar-refractivity contribution >= 4 is 29.4 Å². The second kappa shape index (κ2) is 14.3. The van der Waals surface area contributed by atoms with E-state index in [4.69, 9.17) is 14.6 Å². The van der Waals surface area contributed by atoms with Gasteiger partial charge in [-0.15, -0.1) is 0 Å². The van der Waals surface area contributed by atoms with Crippen LogP contribution >= 0.6 is 0 Å². The summed E-state index contributed by atoms with van der Waals surface area (Å²) in [7, 11) is 1.64. The van der Waals surface area contributed by atoms with Gasteiger partial charge in [-0.2, -0.15) is 13.2 Å². The van der Waals surface area contributed by atoms with Crippen molar-refractivity contribution in [1.82, 2.24) is 10.2 Å². The number of ether oxygens (including phenoxy) is 1. The Bertz CT molecular complexity index is 851. The molecule has 2 rings (SSSR count). The van der Waals surface area contributed by atoms with Crippen molar-refractivity contribution in [2.75, 3.05) is 38.7 Å². The first kappa shape index (κ1) is 29.9. The zero-order valence-electron chi connectivity index (χ0n) is 20.0. The molecule has 1 fully saturated rings. The maximum Gasteiger partial charge on any atom is 0.490 e. The fraction of sp³-hybridized carbons (Fsp3) is 0.565. The first-order chi connectivity index (χ1) is 16.4. The second-order valence-corrected chi connectivity index (χ2v) is 8.23. The second-order valence-electron chi connectivity index (χ2n) is 8.23. The third kappa shape index (κ3) is 10.8. The molecule has 3 N–H and O–H groups in total. The molecule has 9 nitrogen and oxygen atoms in total. The largest absolute Gasteiger partial charge is 0.490 e. The van der Waals surface area contributed by atoms with Crippen LogP contribution in [0, 0.1) is 11.8 Å². The molecule has 35 heavy (non-hydrogen) atoms. The number of halogens is 3. The number of hydrogen-bond donors (Lipinski definition) is 3. The summed E-state index contributed by atoms with van der Waals surface area (Å²) in [5.74, 6) is -2.93. The molecule has 1 aliphatic rings. The molecule has 0 bridgehead atoms. The monoisotopic (exact) mass is 503 g/mol. The van der Waals surface area contributed by atoms with E-state index in [0.29, 0.717) is 50.3 Å². The SMILES string of the molecule is COCCCNC(=O)C1CCN(C(=O)c2ccc(NC(=O)C(C)C)cc2)CC1.O=C(O)C(F)(F)F. The molecule has 0 aromatic heterocycles. The third-order valence-electron chi connectivity index (χ3n) is 5.14. The van der Waals surface area contributed by atoms with Gasteiger partial charge in [0.25, 0.3) is 5.91 Å². The summed E-state index contributed by atoms with van der Waals surface area (Å²) < 4.78 is 36.7. The Hall–Kier alpha value is -3.15. The topological polar surface area (TPSA) is 125 Å². The van der Waals surface area contributed by atoms with Gasteiger partial charge in [-0.05, 0) is 43.5 Å². The molecule has 196 valence electrons. The van der Waals surface area contributed by atoms with Crippen molar-refractivity contribution in [1.29, 1.82) is 0 Å². The highest BCUT2D eigenvalue weighted by Crippen LogP contribution is 2.20. The molecule has 0 unspecified atom stereocenters. The van der Waals surface area contributed by atoms with Gasteiger partial charge in [0.1, 0.15) is 0 Å². The Balaban J connectivity index is 0.000000762. The van der Waals surface area contributed by atoms with Crippen molar-refractivity contribution < 1.29 is 42.2 Å². The number of likely N-dealkylation sites (tertiary alicyclic amines) is 1. The maximum atomic E-state index is 12.7. The van der Waals surface area contributed by atoms with Gasteiger partial charge in [-0.3, -0.25) is 14.4 Å². The maximum absolute atomic E-state index is 12.7. The molecule has 1 heterocycles. The van der Waals surface area contributed by atoms with Gasteiger partial charge in [-0.25, -0.2) is 4.79 Å². The highest BCUT2D eigenvalue weighted by Gasteiger charge is 2.38. The molecule has 12 heteroatoms. The Morgan fingerprint density at radius 2 is 1.66 bits per heavy atom. The number of aliphatic carboxylic acids is 1. The Morgan fingerprint density at radius 1 is 1.11 bits per heavy atom. The number of nitrogens with zero attached hydrogens (tertiary/aromatic N) is 1. The molecular weight excluding hydrogens is 471 g/mol. The lowest BCUT2D eigenvalue weighted by Gasteiger charge is -2.31. The van der Waals surface area contributed by atoms with Crippen molar-refractivity contribution in [2.45, 2.75) is 39.3 Å². The predicted octanol–water partition coefficient (Wildman–Crippen LogP) is 2.92. The van der Waals surface area contributed by atoms with E-state index in [2.05, 4.69) is 10.6 Å². The van der Waals surface area contributed by atoms with Crippen molar-refractivity contribution in [3.63, 3.8) is 0 Å². The Morgan fingerprint density at radius 3 is 2.11 bits per heavy atom. The minimum atomic E-state index is -5.08. The van der Waals surface area contributed by atoms with Gasteiger partial charge < -0.3 is 25.4 Å². The summed E-state index contributed by atoms with van der Waals surface area (Å²) in [5, 5.41) is 12.9. The first-order valence-electron chi connectivity index (χ1n) is 11.1. The molecule has 1 aromatic rings. The fourth-order valence-electron chi connectivity index (χ4n) is 3.08. The number of amides is 3. The van der Waals surface area contributed by atoms with E-state index in [1.165, 1.54) is 0 Å². The fourth-order valence-corrected chi connectivity index (χ4v) is 3.08. The lowest BCUT2D eigenvalue weighted by atomic mass is 9.95. The molecule has 1 saturated heterocycles. The van der Waals surface area contributed by atoms with Crippen LogP contribution in [0.1, 0.15) is 43.5 Å². The molecule has 0 aliphatic carbocycles. The number of methoxy groups -OCH3 is 1. The van der Waals surface area contributed by atoms with Crippen molar-refractivity contribution in [2.24, 2.45) is 11.8 Å². The number of carbonyl (C=O) groups excluding carboxylic acids is 3. The van der Waals surface area contributed by atoms with E-state index in [0.717, 1.165) is 6.42 Å². The number of hydrogen-bond acceptors (Lipinski definition) is 5. The van der Waals surface area contributed by atoms with Crippen LogP contribution in [0.4, 0.5) is 18.9 Å². The molecule has 0 radical (unpaired) electrons. The number of carboxylic acids is 1. The van der Waals surface area contributed by atoms with E-state index in [9.17, 15) is 27.6 Å². The predicted molar refractivity (Wildman–Crippen MR) is 122 cm³/mol. The summed E-state index contributed by atoms with van der Waals surface area (Å²) in [6.07, 6.45) is -2.94. The minimum absolute atomic E-state index is 0.0410. The molecule has 0 atom stereocenters. The number of carbonyl (C=O) groups is 4. The molecule has 0 spiro atoms. The highest BCUT2D eigenvalue weighted by molar-refractivity contribution is 5.96. The van der Waals surface area contributed by atoms with Crippen molar-refractivity contribution in [3.05, 3.63) is 29.8 Å². The minimum Gasteiger partial charge on any atom is -0.475 e.